The van der Waals surface area contributed by atoms with E-state index in [4.69, 9.17) is 21.4 Å². The van der Waals surface area contributed by atoms with Gasteiger partial charge in [-0.3, -0.25) is 0 Å². The van der Waals surface area contributed by atoms with Crippen LogP contribution in [0.1, 0.15) is 18.4 Å². The zero-order valence-electron chi connectivity index (χ0n) is 14.6. The van der Waals surface area contributed by atoms with Crippen LogP contribution in [-0.2, 0) is 11.3 Å². The number of hydrogen-bond acceptors (Lipinski definition) is 3. The first-order valence-electron chi connectivity index (χ1n) is 9.02. The highest BCUT2D eigenvalue weighted by atomic mass is 35.5. The molecule has 1 fully saturated rings. The van der Waals surface area contributed by atoms with Crippen LogP contribution in [0.2, 0.25) is 5.02 Å². The summed E-state index contributed by atoms with van der Waals surface area (Å²) in [5.74, 6) is 0. The summed E-state index contributed by atoms with van der Waals surface area (Å²) in [6.45, 7) is 2.49. The Bertz CT molecular complexity index is 857. The number of para-hydroxylation sites is 1. The van der Waals surface area contributed by atoms with E-state index >= 15 is 0 Å². The molecule has 0 saturated carbocycles. The number of ether oxygens (including phenoxy) is 1. The number of rotatable bonds is 6. The molecule has 1 aliphatic heterocycles. The Morgan fingerprint density at radius 2 is 2.04 bits per heavy atom. The minimum Gasteiger partial charge on any atom is -0.377 e. The number of nitrogens with zero attached hydrogens (tertiary/aromatic N) is 2. The van der Waals surface area contributed by atoms with Crippen molar-refractivity contribution >= 4 is 11.6 Å². The summed E-state index contributed by atoms with van der Waals surface area (Å²) in [6, 6.07) is 18.0. The molecule has 1 N–H and O–H groups in total. The Morgan fingerprint density at radius 3 is 2.81 bits per heavy atom. The van der Waals surface area contributed by atoms with Crippen LogP contribution in [0, 0.1) is 0 Å². The van der Waals surface area contributed by atoms with E-state index in [1.807, 2.05) is 47.1 Å². The van der Waals surface area contributed by atoms with Gasteiger partial charge in [0.25, 0.3) is 0 Å². The van der Waals surface area contributed by atoms with Gasteiger partial charge in [0, 0.05) is 42.0 Å². The van der Waals surface area contributed by atoms with Crippen LogP contribution in [-0.4, -0.2) is 29.0 Å². The molecule has 0 amide bonds. The highest BCUT2D eigenvalue weighted by Crippen LogP contribution is 2.26. The van der Waals surface area contributed by atoms with Gasteiger partial charge in [-0.1, -0.05) is 41.9 Å². The van der Waals surface area contributed by atoms with Crippen LogP contribution in [0.15, 0.2) is 60.8 Å². The van der Waals surface area contributed by atoms with Gasteiger partial charge in [-0.2, -0.15) is 5.10 Å². The molecule has 134 valence electrons. The summed E-state index contributed by atoms with van der Waals surface area (Å²) in [5.41, 5.74) is 4.17. The molecule has 1 unspecified atom stereocenters. The van der Waals surface area contributed by atoms with Gasteiger partial charge in [0.15, 0.2) is 0 Å². The van der Waals surface area contributed by atoms with Crippen molar-refractivity contribution in [1.82, 2.24) is 15.1 Å². The second-order valence-corrected chi connectivity index (χ2v) is 7.00. The molecular weight excluding hydrogens is 346 g/mol. The average molecular weight is 368 g/mol. The summed E-state index contributed by atoms with van der Waals surface area (Å²) in [4.78, 5) is 0. The van der Waals surface area contributed by atoms with Gasteiger partial charge in [0.2, 0.25) is 0 Å². The first-order valence-corrected chi connectivity index (χ1v) is 9.39. The lowest BCUT2D eigenvalue weighted by atomic mass is 10.1. The second kappa shape index (κ2) is 8.04. The van der Waals surface area contributed by atoms with Crippen LogP contribution in [0.25, 0.3) is 16.9 Å². The number of nitrogens with one attached hydrogen (secondary N) is 1. The van der Waals surface area contributed by atoms with E-state index < -0.39 is 0 Å². The lowest BCUT2D eigenvalue weighted by Crippen LogP contribution is -2.25. The second-order valence-electron chi connectivity index (χ2n) is 6.56. The van der Waals surface area contributed by atoms with Crippen LogP contribution in [0.3, 0.4) is 0 Å². The van der Waals surface area contributed by atoms with Crippen LogP contribution >= 0.6 is 11.6 Å². The quantitative estimate of drug-likeness (QED) is 0.699. The number of hydrogen-bond donors (Lipinski definition) is 1. The molecule has 1 saturated heterocycles. The normalized spacial score (nSPS) is 16.9. The Kier molecular flexibility index (Phi) is 5.34. The highest BCUT2D eigenvalue weighted by Gasteiger charge is 2.16. The fourth-order valence-electron chi connectivity index (χ4n) is 3.30. The average Bonchev–Trinajstić information content (AvgIpc) is 3.33. The van der Waals surface area contributed by atoms with Gasteiger partial charge in [0.1, 0.15) is 0 Å². The lowest BCUT2D eigenvalue weighted by Gasteiger charge is -2.10. The van der Waals surface area contributed by atoms with Crippen molar-refractivity contribution in [2.45, 2.75) is 25.5 Å². The Balaban J connectivity index is 1.60. The first kappa shape index (κ1) is 17.3. The molecule has 0 radical (unpaired) electrons. The summed E-state index contributed by atoms with van der Waals surface area (Å²) < 4.78 is 7.63. The topological polar surface area (TPSA) is 39.1 Å². The van der Waals surface area contributed by atoms with E-state index in [2.05, 4.69) is 23.6 Å². The molecule has 2 aromatic carbocycles. The molecule has 3 aromatic rings. The fourth-order valence-corrected chi connectivity index (χ4v) is 3.49. The van der Waals surface area contributed by atoms with Gasteiger partial charge in [-0.15, -0.1) is 0 Å². The van der Waals surface area contributed by atoms with Crippen LogP contribution in [0.4, 0.5) is 0 Å². The number of halogens is 1. The van der Waals surface area contributed by atoms with Crippen molar-refractivity contribution in [3.8, 4) is 16.9 Å². The molecule has 0 bridgehead atoms. The number of benzene rings is 2. The van der Waals surface area contributed by atoms with Crippen molar-refractivity contribution in [3.05, 3.63) is 71.4 Å². The predicted molar refractivity (Wildman–Crippen MR) is 105 cm³/mol. The molecule has 26 heavy (non-hydrogen) atoms. The zero-order valence-corrected chi connectivity index (χ0v) is 15.3. The third-order valence-corrected chi connectivity index (χ3v) is 4.86. The van der Waals surface area contributed by atoms with E-state index in [1.165, 1.54) is 0 Å². The largest absolute Gasteiger partial charge is 0.377 e. The van der Waals surface area contributed by atoms with Crippen molar-refractivity contribution in [2.75, 3.05) is 13.2 Å². The standard InChI is InChI=1S/C21H22ClN3O/c22-18-7-4-6-16(12-18)21-17(13-23-14-20-10-5-11-26-20)15-25(24-21)19-8-2-1-3-9-19/h1-4,6-9,12,15,20,23H,5,10-11,13-14H2. The Hall–Kier alpha value is -2.14. The van der Waals surface area contributed by atoms with E-state index in [9.17, 15) is 0 Å². The fraction of sp³-hybridized carbons (Fsp3) is 0.286. The van der Waals surface area contributed by atoms with Gasteiger partial charge in [0.05, 0.1) is 17.5 Å². The Labute approximate surface area is 158 Å². The third-order valence-electron chi connectivity index (χ3n) is 4.62. The van der Waals surface area contributed by atoms with E-state index in [0.717, 1.165) is 60.1 Å². The summed E-state index contributed by atoms with van der Waals surface area (Å²) >= 11 is 6.19. The third kappa shape index (κ3) is 3.98. The summed E-state index contributed by atoms with van der Waals surface area (Å²) in [7, 11) is 0. The molecule has 2 heterocycles. The van der Waals surface area contributed by atoms with Gasteiger partial charge < -0.3 is 10.1 Å². The van der Waals surface area contributed by atoms with Crippen molar-refractivity contribution < 1.29 is 4.74 Å². The minimum absolute atomic E-state index is 0.328. The van der Waals surface area contributed by atoms with Crippen molar-refractivity contribution in [3.63, 3.8) is 0 Å². The Morgan fingerprint density at radius 1 is 1.15 bits per heavy atom. The minimum atomic E-state index is 0.328. The molecule has 0 spiro atoms. The zero-order chi connectivity index (χ0) is 17.8. The summed E-state index contributed by atoms with van der Waals surface area (Å²) in [6.07, 6.45) is 4.71. The maximum absolute atomic E-state index is 6.19. The molecular formula is C21H22ClN3O. The van der Waals surface area contributed by atoms with Crippen LogP contribution in [0.5, 0.6) is 0 Å². The number of aromatic nitrogens is 2. The highest BCUT2D eigenvalue weighted by molar-refractivity contribution is 6.30. The smallest absolute Gasteiger partial charge is 0.0973 e. The lowest BCUT2D eigenvalue weighted by molar-refractivity contribution is 0.110. The van der Waals surface area contributed by atoms with Crippen molar-refractivity contribution in [1.29, 1.82) is 0 Å². The SMILES string of the molecule is Clc1cccc(-c2nn(-c3ccccc3)cc2CNCC2CCCO2)c1. The van der Waals surface area contributed by atoms with Crippen molar-refractivity contribution in [2.24, 2.45) is 0 Å². The van der Waals surface area contributed by atoms with Gasteiger partial charge >= 0.3 is 0 Å². The van der Waals surface area contributed by atoms with Gasteiger partial charge in [-0.25, -0.2) is 4.68 Å². The van der Waals surface area contributed by atoms with E-state index in [1.54, 1.807) is 0 Å². The first-order chi connectivity index (χ1) is 12.8. The van der Waals surface area contributed by atoms with Gasteiger partial charge in [-0.05, 0) is 37.1 Å². The molecule has 5 heteroatoms. The molecule has 1 atom stereocenters. The maximum Gasteiger partial charge on any atom is 0.0973 e. The molecule has 0 aliphatic carbocycles. The monoisotopic (exact) mass is 367 g/mol. The molecule has 4 nitrogen and oxygen atoms in total. The van der Waals surface area contributed by atoms with Crippen LogP contribution < -0.4 is 5.32 Å². The molecule has 1 aliphatic rings. The molecule has 1 aromatic heterocycles. The maximum atomic E-state index is 6.19. The van der Waals surface area contributed by atoms with E-state index in [-0.39, 0.29) is 0 Å². The predicted octanol–water partition coefficient (Wildman–Crippen LogP) is 4.46. The molecule has 4 rings (SSSR count). The van der Waals surface area contributed by atoms with E-state index in [0.29, 0.717) is 6.10 Å². The summed E-state index contributed by atoms with van der Waals surface area (Å²) in [5, 5.41) is 9.07.